The van der Waals surface area contributed by atoms with E-state index in [0.29, 0.717) is 18.8 Å². The molecule has 0 amide bonds. The fraction of sp³-hybridized carbons (Fsp3) is 0.478. The van der Waals surface area contributed by atoms with Crippen LogP contribution < -0.4 is 0 Å². The molecular weight excluding hydrogens is 376 g/mol. The predicted molar refractivity (Wildman–Crippen MR) is 105 cm³/mol. The summed E-state index contributed by atoms with van der Waals surface area (Å²) in [6.07, 6.45) is 1.01. The number of hydrogen-bond donors (Lipinski definition) is 1. The molecule has 0 radical (unpaired) electrons. The van der Waals surface area contributed by atoms with E-state index in [-0.39, 0.29) is 23.6 Å². The lowest BCUT2D eigenvalue weighted by Gasteiger charge is -2.43. The van der Waals surface area contributed by atoms with Crippen molar-refractivity contribution in [1.29, 1.82) is 0 Å². The topological polar surface area (TPSA) is 41.9 Å². The zero-order valence-corrected chi connectivity index (χ0v) is 16.6. The molecule has 2 aromatic carbocycles. The van der Waals surface area contributed by atoms with Gasteiger partial charge in [-0.15, -0.1) is 0 Å². The summed E-state index contributed by atoms with van der Waals surface area (Å²) in [4.78, 5) is 2.25. The lowest BCUT2D eigenvalue weighted by Crippen LogP contribution is -2.48. The zero-order valence-electron chi connectivity index (χ0n) is 16.6. The Labute approximate surface area is 170 Å². The van der Waals surface area contributed by atoms with E-state index in [1.165, 1.54) is 24.3 Å². The Morgan fingerprint density at radius 2 is 1.45 bits per heavy atom. The first-order valence-electron chi connectivity index (χ1n) is 10.2. The second-order valence-electron chi connectivity index (χ2n) is 7.92. The molecular formula is C23H27F2NO3. The monoisotopic (exact) mass is 403 g/mol. The highest BCUT2D eigenvalue weighted by Gasteiger charge is 2.47. The maximum atomic E-state index is 13.4. The summed E-state index contributed by atoms with van der Waals surface area (Å²) in [6.45, 7) is 4.63. The Balaban J connectivity index is 1.44. The summed E-state index contributed by atoms with van der Waals surface area (Å²) < 4.78 is 38.7. The van der Waals surface area contributed by atoms with Crippen LogP contribution in [0.1, 0.15) is 37.0 Å². The minimum atomic E-state index is -0.821. The third-order valence-corrected chi connectivity index (χ3v) is 6.27. The molecule has 4 rings (SSSR count). The van der Waals surface area contributed by atoms with Gasteiger partial charge in [0.1, 0.15) is 11.6 Å². The molecule has 2 aromatic rings. The van der Waals surface area contributed by atoms with Gasteiger partial charge in [-0.25, -0.2) is 8.78 Å². The van der Waals surface area contributed by atoms with Crippen molar-refractivity contribution in [3.8, 4) is 0 Å². The summed E-state index contributed by atoms with van der Waals surface area (Å²) in [6, 6.07) is 12.3. The van der Waals surface area contributed by atoms with Crippen LogP contribution in [0.25, 0.3) is 0 Å². The van der Waals surface area contributed by atoms with Crippen LogP contribution in [0, 0.1) is 17.6 Å². The molecule has 2 aliphatic rings. The van der Waals surface area contributed by atoms with Crippen molar-refractivity contribution in [2.24, 2.45) is 5.92 Å². The quantitative estimate of drug-likeness (QED) is 0.820. The number of rotatable bonds is 5. The fourth-order valence-corrected chi connectivity index (χ4v) is 4.57. The van der Waals surface area contributed by atoms with E-state index < -0.39 is 11.9 Å². The van der Waals surface area contributed by atoms with Crippen molar-refractivity contribution in [3.63, 3.8) is 0 Å². The smallest absolute Gasteiger partial charge is 0.197 e. The summed E-state index contributed by atoms with van der Waals surface area (Å²) in [7, 11) is 0. The molecule has 0 spiro atoms. The van der Waals surface area contributed by atoms with Crippen LogP contribution in [-0.4, -0.2) is 42.4 Å². The van der Waals surface area contributed by atoms with Gasteiger partial charge in [0.2, 0.25) is 0 Å². The Hall–Kier alpha value is -1.86. The van der Waals surface area contributed by atoms with Gasteiger partial charge in [-0.1, -0.05) is 24.3 Å². The molecule has 2 aliphatic heterocycles. The van der Waals surface area contributed by atoms with E-state index in [9.17, 15) is 13.9 Å². The van der Waals surface area contributed by atoms with Gasteiger partial charge in [-0.2, -0.15) is 0 Å². The summed E-state index contributed by atoms with van der Waals surface area (Å²) in [5.74, 6) is -1.25. The summed E-state index contributed by atoms with van der Waals surface area (Å²) in [5.41, 5.74) is 1.57. The van der Waals surface area contributed by atoms with Crippen LogP contribution >= 0.6 is 0 Å². The Kier molecular flexibility index (Phi) is 5.97. The molecule has 2 heterocycles. The SMILES string of the molecule is CC(C(O)c1ccc(F)cc1)N1CCC(C2(c3ccc(F)cc3)OCCO2)CC1. The van der Waals surface area contributed by atoms with Crippen LogP contribution in [0.2, 0.25) is 0 Å². The number of aliphatic hydroxyl groups is 1. The van der Waals surface area contributed by atoms with E-state index >= 15 is 0 Å². The third-order valence-electron chi connectivity index (χ3n) is 6.27. The van der Waals surface area contributed by atoms with E-state index in [2.05, 4.69) is 4.90 Å². The second-order valence-corrected chi connectivity index (χ2v) is 7.92. The van der Waals surface area contributed by atoms with Crippen molar-refractivity contribution in [3.05, 3.63) is 71.3 Å². The average Bonchev–Trinajstić information content (AvgIpc) is 3.25. The number of piperidine rings is 1. The van der Waals surface area contributed by atoms with Crippen LogP contribution in [0.5, 0.6) is 0 Å². The zero-order chi connectivity index (χ0) is 20.4. The normalized spacial score (nSPS) is 22.5. The number of halogens is 2. The van der Waals surface area contributed by atoms with E-state index in [4.69, 9.17) is 9.47 Å². The van der Waals surface area contributed by atoms with Gasteiger partial charge in [0.05, 0.1) is 19.3 Å². The number of ether oxygens (including phenoxy) is 2. The molecule has 2 saturated heterocycles. The van der Waals surface area contributed by atoms with Gasteiger partial charge in [0, 0.05) is 17.5 Å². The number of likely N-dealkylation sites (tertiary alicyclic amines) is 1. The molecule has 29 heavy (non-hydrogen) atoms. The van der Waals surface area contributed by atoms with E-state index in [1.54, 1.807) is 24.3 Å². The fourth-order valence-electron chi connectivity index (χ4n) is 4.57. The highest BCUT2D eigenvalue weighted by Crippen LogP contribution is 2.44. The van der Waals surface area contributed by atoms with Crippen LogP contribution in [0.3, 0.4) is 0 Å². The molecule has 156 valence electrons. The molecule has 2 fully saturated rings. The van der Waals surface area contributed by atoms with Crippen LogP contribution in [-0.2, 0) is 15.3 Å². The summed E-state index contributed by atoms with van der Waals surface area (Å²) in [5, 5.41) is 10.7. The Morgan fingerprint density at radius 3 is 2.00 bits per heavy atom. The Morgan fingerprint density at radius 1 is 0.931 bits per heavy atom. The van der Waals surface area contributed by atoms with Crippen molar-refractivity contribution >= 4 is 0 Å². The average molecular weight is 403 g/mol. The first-order chi connectivity index (χ1) is 14.0. The molecule has 4 nitrogen and oxygen atoms in total. The minimum Gasteiger partial charge on any atom is -0.387 e. The van der Waals surface area contributed by atoms with Gasteiger partial charge in [-0.3, -0.25) is 4.90 Å². The predicted octanol–water partition coefficient (Wildman–Crippen LogP) is 4.00. The third kappa shape index (κ3) is 4.08. The van der Waals surface area contributed by atoms with Gasteiger partial charge in [0.15, 0.2) is 5.79 Å². The Bertz CT molecular complexity index is 798. The first kappa shape index (κ1) is 20.4. The van der Waals surface area contributed by atoms with E-state index in [1.807, 2.05) is 6.92 Å². The molecule has 0 aliphatic carbocycles. The van der Waals surface area contributed by atoms with Gasteiger partial charge in [-0.05, 0) is 62.7 Å². The van der Waals surface area contributed by atoms with Gasteiger partial charge in [0.25, 0.3) is 0 Å². The lowest BCUT2D eigenvalue weighted by molar-refractivity contribution is -0.215. The van der Waals surface area contributed by atoms with Crippen molar-refractivity contribution in [1.82, 2.24) is 4.90 Å². The second kappa shape index (κ2) is 8.48. The maximum Gasteiger partial charge on any atom is 0.197 e. The van der Waals surface area contributed by atoms with Gasteiger partial charge < -0.3 is 14.6 Å². The van der Waals surface area contributed by atoms with Crippen molar-refractivity contribution in [2.45, 2.75) is 37.7 Å². The standard InChI is InChI=1S/C23H27F2NO3/c1-16(22(27)17-2-6-20(24)7-3-17)26-12-10-19(11-13-26)23(28-14-15-29-23)18-4-8-21(25)9-5-18/h2-9,16,19,22,27H,10-15H2,1H3. The highest BCUT2D eigenvalue weighted by molar-refractivity contribution is 5.23. The molecule has 0 saturated carbocycles. The molecule has 0 aromatic heterocycles. The largest absolute Gasteiger partial charge is 0.387 e. The molecule has 2 atom stereocenters. The number of hydrogen-bond acceptors (Lipinski definition) is 4. The van der Waals surface area contributed by atoms with Crippen molar-refractivity contribution < 1.29 is 23.4 Å². The van der Waals surface area contributed by atoms with Crippen LogP contribution in [0.15, 0.2) is 48.5 Å². The minimum absolute atomic E-state index is 0.0893. The molecule has 2 unspecified atom stereocenters. The maximum absolute atomic E-state index is 13.4. The first-order valence-corrected chi connectivity index (χ1v) is 10.2. The summed E-state index contributed by atoms with van der Waals surface area (Å²) >= 11 is 0. The number of nitrogens with zero attached hydrogens (tertiary/aromatic N) is 1. The van der Waals surface area contributed by atoms with Crippen molar-refractivity contribution in [2.75, 3.05) is 26.3 Å². The highest BCUT2D eigenvalue weighted by atomic mass is 19.1. The molecule has 6 heteroatoms. The van der Waals surface area contributed by atoms with Crippen LogP contribution in [0.4, 0.5) is 8.78 Å². The molecule has 1 N–H and O–H groups in total. The van der Waals surface area contributed by atoms with E-state index in [0.717, 1.165) is 31.5 Å². The molecule has 0 bridgehead atoms. The number of benzene rings is 2. The lowest BCUT2D eigenvalue weighted by atomic mass is 9.83. The number of aliphatic hydroxyl groups excluding tert-OH is 1. The van der Waals surface area contributed by atoms with Gasteiger partial charge >= 0.3 is 0 Å².